The monoisotopic (exact) mass is 445 g/mol. The van der Waals surface area contributed by atoms with Crippen LogP contribution in [0.15, 0.2) is 45.2 Å². The van der Waals surface area contributed by atoms with Gasteiger partial charge in [0, 0.05) is 24.7 Å². The quantitative estimate of drug-likeness (QED) is 0.487. The van der Waals surface area contributed by atoms with Crippen LogP contribution in [0.4, 0.5) is 11.4 Å². The number of benzene rings is 1. The number of sulfonamides is 1. The van der Waals surface area contributed by atoms with Crippen LogP contribution in [-0.4, -0.2) is 26.5 Å². The molecule has 1 saturated carbocycles. The largest absolute Gasteiger partial charge is 0.440 e. The van der Waals surface area contributed by atoms with E-state index in [1.807, 2.05) is 25.1 Å². The molecule has 4 rings (SSSR count). The fraction of sp³-hybridized carbons (Fsp3) is 0.409. The Morgan fingerprint density at radius 2 is 1.97 bits per heavy atom. The number of hydrogen-bond acceptors (Lipinski definition) is 6. The highest BCUT2D eigenvalue weighted by Gasteiger charge is 2.25. The molecule has 0 unspecified atom stereocenters. The van der Waals surface area contributed by atoms with Gasteiger partial charge < -0.3 is 9.32 Å². The number of oxazole rings is 1. The zero-order chi connectivity index (χ0) is 21.3. The maximum atomic E-state index is 12.9. The van der Waals surface area contributed by atoms with Gasteiger partial charge in [-0.2, -0.15) is 0 Å². The summed E-state index contributed by atoms with van der Waals surface area (Å²) in [7, 11) is -3.68. The summed E-state index contributed by atoms with van der Waals surface area (Å²) in [4.78, 5) is 7.37. The van der Waals surface area contributed by atoms with Crippen LogP contribution in [0, 0.1) is 6.92 Å². The molecule has 3 aromatic rings. The molecule has 0 aliphatic heterocycles. The SMILES string of the molecule is CCN(CC)c1ccc(NS(=O)(=O)c2ccc(-c3cnc(C4CCC4)o3)s2)c(C)c1. The second-order valence-electron chi connectivity index (χ2n) is 7.59. The highest BCUT2D eigenvalue weighted by molar-refractivity contribution is 7.94. The van der Waals surface area contributed by atoms with E-state index in [1.54, 1.807) is 18.3 Å². The number of nitrogens with one attached hydrogen (secondary N) is 1. The van der Waals surface area contributed by atoms with E-state index < -0.39 is 10.0 Å². The van der Waals surface area contributed by atoms with E-state index >= 15 is 0 Å². The minimum Gasteiger partial charge on any atom is -0.440 e. The van der Waals surface area contributed by atoms with Crippen molar-refractivity contribution in [2.75, 3.05) is 22.7 Å². The Labute approximate surface area is 182 Å². The van der Waals surface area contributed by atoms with Gasteiger partial charge in [-0.05, 0) is 69.5 Å². The van der Waals surface area contributed by atoms with Gasteiger partial charge in [-0.1, -0.05) is 6.42 Å². The van der Waals surface area contributed by atoms with Gasteiger partial charge in [0.2, 0.25) is 0 Å². The van der Waals surface area contributed by atoms with Gasteiger partial charge in [0.15, 0.2) is 11.7 Å². The van der Waals surface area contributed by atoms with E-state index in [2.05, 4.69) is 28.5 Å². The molecule has 6 nitrogen and oxygen atoms in total. The van der Waals surface area contributed by atoms with E-state index in [0.29, 0.717) is 17.4 Å². The van der Waals surface area contributed by atoms with Gasteiger partial charge in [-0.25, -0.2) is 13.4 Å². The first-order chi connectivity index (χ1) is 14.4. The summed E-state index contributed by atoms with van der Waals surface area (Å²) < 4.78 is 34.7. The fourth-order valence-corrected chi connectivity index (χ4v) is 5.97. The molecule has 30 heavy (non-hydrogen) atoms. The van der Waals surface area contributed by atoms with Crippen molar-refractivity contribution in [3.63, 3.8) is 0 Å². The number of hydrogen-bond donors (Lipinski definition) is 1. The van der Waals surface area contributed by atoms with Crippen LogP contribution in [0.5, 0.6) is 0 Å². The predicted molar refractivity (Wildman–Crippen MR) is 122 cm³/mol. The molecular weight excluding hydrogens is 418 g/mol. The molecule has 0 radical (unpaired) electrons. The molecule has 0 bridgehead atoms. The van der Waals surface area contributed by atoms with E-state index in [1.165, 1.54) is 17.8 Å². The lowest BCUT2D eigenvalue weighted by molar-refractivity contribution is 0.338. The minimum atomic E-state index is -3.68. The van der Waals surface area contributed by atoms with Gasteiger partial charge in [-0.3, -0.25) is 4.72 Å². The number of thiophene rings is 1. The first kappa shape index (κ1) is 20.9. The summed E-state index contributed by atoms with van der Waals surface area (Å²) in [6.07, 6.45) is 5.13. The van der Waals surface area contributed by atoms with Crippen LogP contribution in [-0.2, 0) is 10.0 Å². The predicted octanol–water partition coefficient (Wildman–Crippen LogP) is 5.63. The lowest BCUT2D eigenvalue weighted by Crippen LogP contribution is -2.22. The van der Waals surface area contributed by atoms with Crippen molar-refractivity contribution in [1.29, 1.82) is 0 Å². The molecule has 0 amide bonds. The molecule has 1 fully saturated rings. The topological polar surface area (TPSA) is 75.4 Å². The number of anilines is 2. The van der Waals surface area contributed by atoms with Crippen LogP contribution in [0.1, 0.15) is 50.5 Å². The lowest BCUT2D eigenvalue weighted by atomic mass is 9.85. The van der Waals surface area contributed by atoms with Gasteiger partial charge in [0.1, 0.15) is 4.21 Å². The third kappa shape index (κ3) is 4.11. The summed E-state index contributed by atoms with van der Waals surface area (Å²) in [6, 6.07) is 9.19. The van der Waals surface area contributed by atoms with E-state index in [9.17, 15) is 8.42 Å². The summed E-state index contributed by atoms with van der Waals surface area (Å²) in [6.45, 7) is 7.94. The first-order valence-electron chi connectivity index (χ1n) is 10.4. The zero-order valence-corrected chi connectivity index (χ0v) is 19.1. The van der Waals surface area contributed by atoms with Crippen molar-refractivity contribution in [1.82, 2.24) is 4.98 Å². The molecule has 1 aliphatic rings. The van der Waals surface area contributed by atoms with Gasteiger partial charge in [-0.15, -0.1) is 11.3 Å². The van der Waals surface area contributed by atoms with Crippen LogP contribution in [0.25, 0.3) is 10.6 Å². The van der Waals surface area contributed by atoms with Crippen molar-refractivity contribution in [3.8, 4) is 10.6 Å². The molecule has 160 valence electrons. The Hall–Kier alpha value is -2.32. The number of aromatic nitrogens is 1. The molecule has 0 saturated heterocycles. The van der Waals surface area contributed by atoms with Gasteiger partial charge in [0.05, 0.1) is 16.8 Å². The van der Waals surface area contributed by atoms with E-state index in [-0.39, 0.29) is 4.21 Å². The van der Waals surface area contributed by atoms with Crippen molar-refractivity contribution in [2.24, 2.45) is 0 Å². The molecule has 8 heteroatoms. The summed E-state index contributed by atoms with van der Waals surface area (Å²) in [5.74, 6) is 1.80. The molecule has 1 aromatic carbocycles. The normalized spacial score (nSPS) is 14.5. The Balaban J connectivity index is 1.52. The standard InChI is InChI=1S/C22H27N3O3S2/c1-4-25(5-2)17-9-10-18(15(3)13-17)24-30(26,27)21-12-11-20(29-21)19-14-23-22(28-19)16-7-6-8-16/h9-14,16,24H,4-8H2,1-3H3. The van der Waals surface area contributed by atoms with Crippen molar-refractivity contribution in [2.45, 2.75) is 50.2 Å². The summed E-state index contributed by atoms with van der Waals surface area (Å²) in [5.41, 5.74) is 2.57. The molecule has 1 aliphatic carbocycles. The van der Waals surface area contributed by atoms with Gasteiger partial charge >= 0.3 is 0 Å². The van der Waals surface area contributed by atoms with Gasteiger partial charge in [0.25, 0.3) is 10.0 Å². The fourth-order valence-electron chi connectivity index (χ4n) is 3.59. The molecule has 2 aromatic heterocycles. The minimum absolute atomic E-state index is 0.256. The Kier molecular flexibility index (Phi) is 5.88. The maximum absolute atomic E-state index is 12.9. The number of aryl methyl sites for hydroxylation is 1. The Morgan fingerprint density at radius 3 is 2.60 bits per heavy atom. The van der Waals surface area contributed by atoms with Crippen LogP contribution < -0.4 is 9.62 Å². The van der Waals surface area contributed by atoms with Crippen molar-refractivity contribution < 1.29 is 12.8 Å². The second-order valence-corrected chi connectivity index (χ2v) is 10.6. The first-order valence-corrected chi connectivity index (χ1v) is 12.7. The van der Waals surface area contributed by atoms with E-state index in [0.717, 1.165) is 47.9 Å². The molecular formula is C22H27N3O3S2. The molecule has 1 N–H and O–H groups in total. The maximum Gasteiger partial charge on any atom is 0.271 e. The second kappa shape index (κ2) is 8.43. The number of rotatable bonds is 8. The Morgan fingerprint density at radius 1 is 1.20 bits per heavy atom. The van der Waals surface area contributed by atoms with Crippen LogP contribution in [0.3, 0.4) is 0 Å². The summed E-state index contributed by atoms with van der Waals surface area (Å²) in [5, 5.41) is 0. The smallest absolute Gasteiger partial charge is 0.271 e. The third-order valence-corrected chi connectivity index (χ3v) is 8.61. The highest BCUT2D eigenvalue weighted by Crippen LogP contribution is 2.39. The van der Waals surface area contributed by atoms with Crippen LogP contribution in [0.2, 0.25) is 0 Å². The lowest BCUT2D eigenvalue weighted by Gasteiger charge is -2.22. The highest BCUT2D eigenvalue weighted by atomic mass is 32.2. The average Bonchev–Trinajstić information content (AvgIpc) is 3.33. The van der Waals surface area contributed by atoms with Crippen LogP contribution >= 0.6 is 11.3 Å². The van der Waals surface area contributed by atoms with E-state index in [4.69, 9.17) is 4.42 Å². The molecule has 0 spiro atoms. The summed E-state index contributed by atoms with van der Waals surface area (Å²) >= 11 is 1.19. The van der Waals surface area contributed by atoms with Crippen molar-refractivity contribution in [3.05, 3.63) is 48.0 Å². The third-order valence-electron chi connectivity index (χ3n) is 5.65. The average molecular weight is 446 g/mol. The Bertz CT molecular complexity index is 1130. The molecule has 2 heterocycles. The zero-order valence-electron chi connectivity index (χ0n) is 17.5. The van der Waals surface area contributed by atoms with Crippen molar-refractivity contribution >= 4 is 32.7 Å². The molecule has 0 atom stereocenters. The number of nitrogens with zero attached hydrogens (tertiary/aromatic N) is 2.